The highest BCUT2D eigenvalue weighted by molar-refractivity contribution is 5.92. The largest absolute Gasteiger partial charge is 0.395 e. The van der Waals surface area contributed by atoms with Gasteiger partial charge in [-0.25, -0.2) is 0 Å². The maximum Gasteiger partial charge on any atom is 0.246 e. The molecule has 2 fully saturated rings. The Balaban J connectivity index is 0.000000272. The van der Waals surface area contributed by atoms with Crippen molar-refractivity contribution in [3.8, 4) is 0 Å². The summed E-state index contributed by atoms with van der Waals surface area (Å²) in [5.41, 5.74) is 8.13. The van der Waals surface area contributed by atoms with Gasteiger partial charge in [-0.15, -0.1) is 0 Å². The van der Waals surface area contributed by atoms with Crippen molar-refractivity contribution in [1.29, 1.82) is 0 Å². The van der Waals surface area contributed by atoms with E-state index in [4.69, 9.17) is 10.8 Å². The Morgan fingerprint density at radius 2 is 1.54 bits per heavy atom. The maximum atomic E-state index is 12.7. The van der Waals surface area contributed by atoms with Gasteiger partial charge in [-0.3, -0.25) is 14.4 Å². The van der Waals surface area contributed by atoms with Gasteiger partial charge in [-0.05, 0) is 49.7 Å². The molecule has 2 aromatic carbocycles. The van der Waals surface area contributed by atoms with Gasteiger partial charge in [0, 0.05) is 12.6 Å². The van der Waals surface area contributed by atoms with Crippen molar-refractivity contribution < 1.29 is 19.5 Å². The van der Waals surface area contributed by atoms with Crippen LogP contribution >= 0.6 is 0 Å². The van der Waals surface area contributed by atoms with Crippen molar-refractivity contribution in [3.63, 3.8) is 0 Å². The first-order chi connectivity index (χ1) is 18.0. The second-order valence-corrected chi connectivity index (χ2v) is 8.99. The standard InChI is InChI=1S/C14H24N4O4.C13H12.C2H6/c15-13(21)11-5-4-9-2-1-3-10(14(22)18(9)11)17-12(20)8-16-6-7-19;1-3-7-12(8-4-1)11-13-9-5-2-6-10-13;1-2/h9-11,16,19H,1-8H2,(H2,15,21)(H,17,20);1-10H,11H2;1-2H3/t9-,10-,11-;;/m0../s1. The molecule has 0 unspecified atom stereocenters. The number of fused-ring (bicyclic) bond motifs is 1. The van der Waals surface area contributed by atoms with E-state index in [1.165, 1.54) is 11.1 Å². The summed E-state index contributed by atoms with van der Waals surface area (Å²) in [5.74, 6) is -0.980. The van der Waals surface area contributed by atoms with Gasteiger partial charge >= 0.3 is 0 Å². The van der Waals surface area contributed by atoms with Crippen LogP contribution in [-0.2, 0) is 20.8 Å². The number of hydrogen-bond donors (Lipinski definition) is 4. The number of aliphatic hydroxyl groups excluding tert-OH is 1. The van der Waals surface area contributed by atoms with E-state index in [0.29, 0.717) is 19.4 Å². The highest BCUT2D eigenvalue weighted by Gasteiger charge is 2.43. The third kappa shape index (κ3) is 9.63. The average molecular weight is 511 g/mol. The van der Waals surface area contributed by atoms with Crippen molar-refractivity contribution in [2.45, 2.75) is 70.5 Å². The average Bonchev–Trinajstić information content (AvgIpc) is 3.29. The second kappa shape index (κ2) is 16.5. The van der Waals surface area contributed by atoms with Crippen LogP contribution < -0.4 is 16.4 Å². The summed E-state index contributed by atoms with van der Waals surface area (Å²) in [6.07, 6.45) is 4.66. The number of nitrogens with one attached hydrogen (secondary N) is 2. The number of nitrogens with zero attached hydrogens (tertiary/aromatic N) is 1. The molecule has 37 heavy (non-hydrogen) atoms. The Labute approximate surface area is 220 Å². The monoisotopic (exact) mass is 510 g/mol. The number of amides is 3. The Morgan fingerprint density at radius 3 is 2.08 bits per heavy atom. The van der Waals surface area contributed by atoms with Crippen molar-refractivity contribution in [3.05, 3.63) is 71.8 Å². The molecule has 5 N–H and O–H groups in total. The minimum Gasteiger partial charge on any atom is -0.395 e. The van der Waals surface area contributed by atoms with E-state index in [-0.39, 0.29) is 31.0 Å². The summed E-state index contributed by atoms with van der Waals surface area (Å²) in [4.78, 5) is 37.6. The molecule has 2 aliphatic rings. The van der Waals surface area contributed by atoms with Gasteiger partial charge in [0.1, 0.15) is 12.1 Å². The van der Waals surface area contributed by atoms with Crippen LogP contribution in [0, 0.1) is 0 Å². The van der Waals surface area contributed by atoms with Gasteiger partial charge < -0.3 is 26.4 Å². The predicted octanol–water partition coefficient (Wildman–Crippen LogP) is 2.39. The van der Waals surface area contributed by atoms with E-state index in [2.05, 4.69) is 71.3 Å². The molecular formula is C29H42N4O4. The molecule has 0 spiro atoms. The van der Waals surface area contributed by atoms with Crippen molar-refractivity contribution in [1.82, 2.24) is 15.5 Å². The molecule has 8 heteroatoms. The zero-order chi connectivity index (χ0) is 27.0. The molecule has 0 radical (unpaired) electrons. The quantitative estimate of drug-likeness (QED) is 0.406. The first kappa shape index (κ1) is 30.0. The van der Waals surface area contributed by atoms with Gasteiger partial charge in [-0.1, -0.05) is 74.5 Å². The number of rotatable bonds is 8. The number of hydrogen-bond acceptors (Lipinski definition) is 5. The number of primary amides is 1. The lowest BCUT2D eigenvalue weighted by Crippen LogP contribution is -2.54. The lowest BCUT2D eigenvalue weighted by molar-refractivity contribution is -0.141. The van der Waals surface area contributed by atoms with Crippen LogP contribution in [0.1, 0.15) is 57.1 Å². The molecule has 2 saturated heterocycles. The summed E-state index contributed by atoms with van der Waals surface area (Å²) in [5, 5.41) is 14.1. The Kier molecular flexibility index (Phi) is 13.4. The van der Waals surface area contributed by atoms with Crippen LogP contribution in [0.3, 0.4) is 0 Å². The van der Waals surface area contributed by atoms with E-state index >= 15 is 0 Å². The Morgan fingerprint density at radius 1 is 0.946 bits per heavy atom. The minimum atomic E-state index is -0.603. The van der Waals surface area contributed by atoms with E-state index < -0.39 is 18.0 Å². The van der Waals surface area contributed by atoms with Gasteiger partial charge in [0.05, 0.1) is 13.2 Å². The van der Waals surface area contributed by atoms with E-state index in [9.17, 15) is 14.4 Å². The highest BCUT2D eigenvalue weighted by Crippen LogP contribution is 2.31. The van der Waals surface area contributed by atoms with Crippen LogP contribution in [0.4, 0.5) is 0 Å². The lowest BCUT2D eigenvalue weighted by atomic mass is 10.1. The summed E-state index contributed by atoms with van der Waals surface area (Å²) in [6, 6.07) is 20.0. The minimum absolute atomic E-state index is 0.0486. The predicted molar refractivity (Wildman–Crippen MR) is 146 cm³/mol. The maximum absolute atomic E-state index is 12.7. The zero-order valence-electron chi connectivity index (χ0n) is 22.1. The number of carbonyl (C=O) groups excluding carboxylic acids is 3. The second-order valence-electron chi connectivity index (χ2n) is 8.99. The van der Waals surface area contributed by atoms with Crippen LogP contribution in [-0.4, -0.2) is 65.5 Å². The van der Waals surface area contributed by atoms with Crippen molar-refractivity contribution >= 4 is 17.7 Å². The van der Waals surface area contributed by atoms with Gasteiger partial charge in [0.15, 0.2) is 0 Å². The lowest BCUT2D eigenvalue weighted by Gasteiger charge is -2.29. The Bertz CT molecular complexity index is 917. The molecule has 0 aromatic heterocycles. The molecule has 202 valence electrons. The molecule has 2 heterocycles. The molecule has 2 aromatic rings. The van der Waals surface area contributed by atoms with E-state index in [1.54, 1.807) is 4.90 Å². The third-order valence-corrected chi connectivity index (χ3v) is 6.42. The summed E-state index contributed by atoms with van der Waals surface area (Å²) in [7, 11) is 0. The molecule has 3 amide bonds. The fraction of sp³-hybridized carbons (Fsp3) is 0.483. The molecule has 3 atom stereocenters. The molecule has 2 aliphatic heterocycles. The topological polar surface area (TPSA) is 125 Å². The first-order valence-corrected chi connectivity index (χ1v) is 13.3. The van der Waals surface area contributed by atoms with E-state index in [1.807, 2.05) is 13.8 Å². The van der Waals surface area contributed by atoms with Crippen LogP contribution in [0.5, 0.6) is 0 Å². The fourth-order valence-corrected chi connectivity index (χ4v) is 4.73. The van der Waals surface area contributed by atoms with Gasteiger partial charge in [0.2, 0.25) is 17.7 Å². The molecular weight excluding hydrogens is 468 g/mol. The summed E-state index contributed by atoms with van der Waals surface area (Å²) in [6.45, 7) is 4.32. The Hall–Kier alpha value is -3.23. The van der Waals surface area contributed by atoms with Crippen molar-refractivity contribution in [2.24, 2.45) is 5.73 Å². The van der Waals surface area contributed by atoms with Crippen LogP contribution in [0.15, 0.2) is 60.7 Å². The number of aliphatic hydroxyl groups is 1. The summed E-state index contributed by atoms with van der Waals surface area (Å²) >= 11 is 0. The molecule has 4 rings (SSSR count). The van der Waals surface area contributed by atoms with Crippen LogP contribution in [0.25, 0.3) is 0 Å². The third-order valence-electron chi connectivity index (χ3n) is 6.42. The summed E-state index contributed by atoms with van der Waals surface area (Å²) < 4.78 is 0. The van der Waals surface area contributed by atoms with Crippen LogP contribution in [0.2, 0.25) is 0 Å². The molecule has 0 bridgehead atoms. The molecule has 0 saturated carbocycles. The SMILES string of the molecule is CC.NC(=O)[C@@H]1CC[C@@H]2CCC[C@H](NC(=O)CNCCO)C(=O)N21.c1ccc(Cc2ccccc2)cc1. The highest BCUT2D eigenvalue weighted by atomic mass is 16.3. The molecule has 8 nitrogen and oxygen atoms in total. The number of nitrogens with two attached hydrogens (primary N) is 1. The fourth-order valence-electron chi connectivity index (χ4n) is 4.73. The van der Waals surface area contributed by atoms with Gasteiger partial charge in [0.25, 0.3) is 0 Å². The first-order valence-electron chi connectivity index (χ1n) is 13.3. The van der Waals surface area contributed by atoms with E-state index in [0.717, 1.165) is 25.7 Å². The zero-order valence-corrected chi connectivity index (χ0v) is 22.1. The smallest absolute Gasteiger partial charge is 0.246 e. The normalized spacial score (nSPS) is 20.4. The molecule has 0 aliphatic carbocycles. The number of benzene rings is 2. The van der Waals surface area contributed by atoms with Gasteiger partial charge in [-0.2, -0.15) is 0 Å². The van der Waals surface area contributed by atoms with Crippen molar-refractivity contribution in [2.75, 3.05) is 19.7 Å². The number of carbonyl (C=O) groups is 3.